The molecule has 0 saturated heterocycles. The number of fused-ring (bicyclic) bond motifs is 2. The summed E-state index contributed by atoms with van der Waals surface area (Å²) >= 11 is 0. The summed E-state index contributed by atoms with van der Waals surface area (Å²) in [7, 11) is 0. The number of hydrogen-bond acceptors (Lipinski definition) is 2. The Bertz CT molecular complexity index is 378. The Balaban J connectivity index is 1.70. The molecule has 3 atom stereocenters. The van der Waals surface area contributed by atoms with Gasteiger partial charge in [-0.25, -0.2) is 4.98 Å². The zero-order valence-corrected chi connectivity index (χ0v) is 10.6. The molecule has 3 rings (SSSR count). The molecular weight excluding hydrogens is 210 g/mol. The van der Waals surface area contributed by atoms with Gasteiger partial charge in [0.15, 0.2) is 0 Å². The first-order valence-electron chi connectivity index (χ1n) is 6.95. The lowest BCUT2D eigenvalue weighted by Crippen LogP contribution is -2.26. The van der Waals surface area contributed by atoms with Crippen molar-refractivity contribution in [3.8, 4) is 5.88 Å². The summed E-state index contributed by atoms with van der Waals surface area (Å²) in [5.41, 5.74) is 1.24. The van der Waals surface area contributed by atoms with Crippen LogP contribution in [0.3, 0.4) is 0 Å². The highest BCUT2D eigenvalue weighted by atomic mass is 16.5. The lowest BCUT2D eigenvalue weighted by atomic mass is 9.87. The van der Waals surface area contributed by atoms with E-state index in [-0.39, 0.29) is 0 Å². The molecule has 17 heavy (non-hydrogen) atoms. The molecule has 2 heteroatoms. The Morgan fingerprint density at radius 3 is 2.71 bits per heavy atom. The van der Waals surface area contributed by atoms with Gasteiger partial charge in [-0.2, -0.15) is 0 Å². The molecular formula is C15H21NO. The first kappa shape index (κ1) is 11.1. The largest absolute Gasteiger partial charge is 0.474 e. The molecule has 1 heterocycles. The summed E-state index contributed by atoms with van der Waals surface area (Å²) in [6, 6.07) is 4.12. The van der Waals surface area contributed by atoms with Crippen molar-refractivity contribution in [1.82, 2.24) is 4.98 Å². The Kier molecular flexibility index (Phi) is 3.04. The van der Waals surface area contributed by atoms with Crippen molar-refractivity contribution in [3.63, 3.8) is 0 Å². The van der Waals surface area contributed by atoms with Crippen molar-refractivity contribution in [2.45, 2.75) is 51.6 Å². The Hall–Kier alpha value is -1.05. The van der Waals surface area contributed by atoms with Crippen molar-refractivity contribution in [3.05, 3.63) is 23.9 Å². The summed E-state index contributed by atoms with van der Waals surface area (Å²) in [5, 5.41) is 0. The van der Waals surface area contributed by atoms with Crippen LogP contribution in [0.25, 0.3) is 0 Å². The Labute approximate surface area is 103 Å². The van der Waals surface area contributed by atoms with E-state index in [9.17, 15) is 0 Å². The van der Waals surface area contributed by atoms with Gasteiger partial charge in [0.05, 0.1) is 0 Å². The SMILES string of the molecule is CCc1cccnc1O[C@@H]1C[C@@H]2CC[C@@H](C2)C1. The van der Waals surface area contributed by atoms with Crippen molar-refractivity contribution in [1.29, 1.82) is 0 Å². The summed E-state index contributed by atoms with van der Waals surface area (Å²) in [6.07, 6.45) is 10.0. The molecule has 0 spiro atoms. The maximum absolute atomic E-state index is 6.15. The standard InChI is InChI=1S/C15H21NO/c1-2-13-4-3-7-16-15(13)17-14-9-11-5-6-12(8-11)10-14/h3-4,7,11-12,14H,2,5-6,8-10H2,1H3/t11-,12+,14-. The van der Waals surface area contributed by atoms with Crippen LogP contribution >= 0.6 is 0 Å². The minimum absolute atomic E-state index is 0.418. The zero-order valence-electron chi connectivity index (χ0n) is 10.6. The predicted molar refractivity (Wildman–Crippen MR) is 68.1 cm³/mol. The van der Waals surface area contributed by atoms with E-state index in [0.29, 0.717) is 6.10 Å². The van der Waals surface area contributed by atoms with E-state index in [1.807, 2.05) is 12.3 Å². The summed E-state index contributed by atoms with van der Waals surface area (Å²) < 4.78 is 6.15. The number of ether oxygens (including phenoxy) is 1. The van der Waals surface area contributed by atoms with E-state index in [0.717, 1.165) is 24.1 Å². The van der Waals surface area contributed by atoms with Gasteiger partial charge in [0.2, 0.25) is 5.88 Å². The molecule has 2 saturated carbocycles. The summed E-state index contributed by atoms with van der Waals surface area (Å²) in [6.45, 7) is 2.16. The van der Waals surface area contributed by atoms with Crippen LogP contribution in [0.5, 0.6) is 5.88 Å². The molecule has 2 aliphatic carbocycles. The number of rotatable bonds is 3. The molecule has 92 valence electrons. The molecule has 2 nitrogen and oxygen atoms in total. The van der Waals surface area contributed by atoms with Gasteiger partial charge in [0, 0.05) is 11.8 Å². The second-order valence-corrected chi connectivity index (χ2v) is 5.58. The van der Waals surface area contributed by atoms with Crippen LogP contribution in [0.1, 0.15) is 44.6 Å². The molecule has 0 aliphatic heterocycles. The fraction of sp³-hybridized carbons (Fsp3) is 0.667. The summed E-state index contributed by atoms with van der Waals surface area (Å²) in [4.78, 5) is 4.39. The lowest BCUT2D eigenvalue weighted by Gasteiger charge is -2.28. The highest BCUT2D eigenvalue weighted by Gasteiger charge is 2.35. The van der Waals surface area contributed by atoms with Gasteiger partial charge in [-0.3, -0.25) is 0 Å². The average molecular weight is 231 g/mol. The van der Waals surface area contributed by atoms with E-state index < -0.39 is 0 Å². The molecule has 2 bridgehead atoms. The normalized spacial score (nSPS) is 31.5. The quantitative estimate of drug-likeness (QED) is 0.793. The maximum Gasteiger partial charge on any atom is 0.216 e. The fourth-order valence-corrected chi connectivity index (χ4v) is 3.50. The van der Waals surface area contributed by atoms with Gasteiger partial charge in [-0.15, -0.1) is 0 Å². The van der Waals surface area contributed by atoms with E-state index in [2.05, 4.69) is 18.0 Å². The third kappa shape index (κ3) is 2.31. The Morgan fingerprint density at radius 1 is 1.24 bits per heavy atom. The number of pyridine rings is 1. The van der Waals surface area contributed by atoms with Crippen LogP contribution in [0, 0.1) is 11.8 Å². The number of aromatic nitrogens is 1. The smallest absolute Gasteiger partial charge is 0.216 e. The number of nitrogens with zero attached hydrogens (tertiary/aromatic N) is 1. The number of aryl methyl sites for hydroxylation is 1. The highest BCUT2D eigenvalue weighted by molar-refractivity contribution is 5.25. The van der Waals surface area contributed by atoms with E-state index in [1.54, 1.807) is 0 Å². The molecule has 2 aliphatic rings. The van der Waals surface area contributed by atoms with Crippen LogP contribution in [0.15, 0.2) is 18.3 Å². The molecule has 1 aromatic rings. The maximum atomic E-state index is 6.15. The van der Waals surface area contributed by atoms with Crippen molar-refractivity contribution >= 4 is 0 Å². The second kappa shape index (κ2) is 4.67. The van der Waals surface area contributed by atoms with E-state index in [4.69, 9.17) is 4.74 Å². The topological polar surface area (TPSA) is 22.1 Å². The van der Waals surface area contributed by atoms with Crippen molar-refractivity contribution < 1.29 is 4.74 Å². The molecule has 0 N–H and O–H groups in total. The lowest BCUT2D eigenvalue weighted by molar-refractivity contribution is 0.113. The molecule has 0 radical (unpaired) electrons. The molecule has 0 aromatic carbocycles. The van der Waals surface area contributed by atoms with Gasteiger partial charge in [0.25, 0.3) is 0 Å². The fourth-order valence-electron chi connectivity index (χ4n) is 3.50. The molecule has 0 unspecified atom stereocenters. The van der Waals surface area contributed by atoms with Gasteiger partial charge in [0.1, 0.15) is 6.10 Å². The predicted octanol–water partition coefficient (Wildman–Crippen LogP) is 3.60. The third-order valence-corrected chi connectivity index (χ3v) is 4.35. The van der Waals surface area contributed by atoms with Crippen LogP contribution in [0.4, 0.5) is 0 Å². The highest BCUT2D eigenvalue weighted by Crippen LogP contribution is 2.43. The second-order valence-electron chi connectivity index (χ2n) is 5.58. The molecule has 0 amide bonds. The van der Waals surface area contributed by atoms with Crippen LogP contribution in [-0.2, 0) is 6.42 Å². The minimum atomic E-state index is 0.418. The molecule has 2 fully saturated rings. The summed E-state index contributed by atoms with van der Waals surface area (Å²) in [5.74, 6) is 2.72. The third-order valence-electron chi connectivity index (χ3n) is 4.35. The average Bonchev–Trinajstić information content (AvgIpc) is 2.69. The minimum Gasteiger partial charge on any atom is -0.474 e. The first-order chi connectivity index (χ1) is 8.35. The van der Waals surface area contributed by atoms with Gasteiger partial charge in [-0.1, -0.05) is 25.8 Å². The first-order valence-corrected chi connectivity index (χ1v) is 6.95. The zero-order chi connectivity index (χ0) is 11.7. The van der Waals surface area contributed by atoms with E-state index in [1.165, 1.54) is 37.7 Å². The van der Waals surface area contributed by atoms with Crippen LogP contribution in [0.2, 0.25) is 0 Å². The molecule has 1 aromatic heterocycles. The van der Waals surface area contributed by atoms with Crippen molar-refractivity contribution in [2.24, 2.45) is 11.8 Å². The van der Waals surface area contributed by atoms with Crippen molar-refractivity contribution in [2.75, 3.05) is 0 Å². The van der Waals surface area contributed by atoms with Crippen LogP contribution in [-0.4, -0.2) is 11.1 Å². The monoisotopic (exact) mass is 231 g/mol. The van der Waals surface area contributed by atoms with Crippen LogP contribution < -0.4 is 4.74 Å². The van der Waals surface area contributed by atoms with Gasteiger partial charge in [-0.05, 0) is 43.6 Å². The van der Waals surface area contributed by atoms with Gasteiger partial charge >= 0.3 is 0 Å². The Morgan fingerprint density at radius 2 is 2.00 bits per heavy atom. The van der Waals surface area contributed by atoms with Gasteiger partial charge < -0.3 is 4.74 Å². The number of hydrogen-bond donors (Lipinski definition) is 0. The van der Waals surface area contributed by atoms with E-state index >= 15 is 0 Å².